The molecule has 1 amide bonds. The molecule has 140 valence electrons. The van der Waals surface area contributed by atoms with Gasteiger partial charge in [0.15, 0.2) is 0 Å². The Morgan fingerprint density at radius 1 is 1.15 bits per heavy atom. The second-order valence-corrected chi connectivity index (χ2v) is 7.91. The van der Waals surface area contributed by atoms with E-state index < -0.39 is 10.0 Å². The van der Waals surface area contributed by atoms with E-state index in [1.165, 1.54) is 11.4 Å². The Morgan fingerprint density at radius 2 is 1.88 bits per heavy atom. The number of amides is 1. The second kappa shape index (κ2) is 8.71. The van der Waals surface area contributed by atoms with Crippen molar-refractivity contribution < 1.29 is 17.9 Å². The number of methoxy groups -OCH3 is 1. The van der Waals surface area contributed by atoms with Gasteiger partial charge in [-0.25, -0.2) is 8.42 Å². The first-order valence-electron chi connectivity index (χ1n) is 8.28. The zero-order chi connectivity index (χ0) is 19.2. The van der Waals surface area contributed by atoms with Crippen LogP contribution in [0.5, 0.6) is 5.75 Å². The van der Waals surface area contributed by atoms with Gasteiger partial charge >= 0.3 is 0 Å². The van der Waals surface area contributed by atoms with Gasteiger partial charge in [0.05, 0.1) is 19.1 Å². The number of carbonyl (C=O) groups is 1. The molecule has 26 heavy (non-hydrogen) atoms. The number of sulfonamides is 1. The van der Waals surface area contributed by atoms with Gasteiger partial charge in [-0.15, -0.1) is 0 Å². The Kier molecular flexibility index (Phi) is 6.63. The third kappa shape index (κ3) is 5.49. The minimum Gasteiger partial charge on any atom is -0.497 e. The van der Waals surface area contributed by atoms with Gasteiger partial charge < -0.3 is 10.1 Å². The van der Waals surface area contributed by atoms with Gasteiger partial charge in [0.25, 0.3) is 0 Å². The molecule has 0 aliphatic heterocycles. The summed E-state index contributed by atoms with van der Waals surface area (Å²) in [4.78, 5) is 12.1. The van der Waals surface area contributed by atoms with Crippen LogP contribution in [0.15, 0.2) is 48.5 Å². The average Bonchev–Trinajstić information content (AvgIpc) is 2.59. The van der Waals surface area contributed by atoms with Gasteiger partial charge in [-0.3, -0.25) is 9.10 Å². The van der Waals surface area contributed by atoms with Crippen LogP contribution in [0.2, 0.25) is 0 Å². The SMILES string of the molecule is COc1cccc(N(CCCC(=O)Nc2ccccc2C)S(C)(=O)=O)c1. The Balaban J connectivity index is 1.99. The fraction of sp³-hybridized carbons (Fsp3) is 0.316. The van der Waals surface area contributed by atoms with Crippen molar-refractivity contribution in [1.29, 1.82) is 0 Å². The summed E-state index contributed by atoms with van der Waals surface area (Å²) in [6, 6.07) is 14.4. The van der Waals surface area contributed by atoms with Crippen LogP contribution in [0.25, 0.3) is 0 Å². The van der Waals surface area contributed by atoms with E-state index in [0.29, 0.717) is 17.9 Å². The van der Waals surface area contributed by atoms with Crippen LogP contribution in [0.4, 0.5) is 11.4 Å². The molecule has 0 aliphatic rings. The largest absolute Gasteiger partial charge is 0.497 e. The van der Waals surface area contributed by atoms with Gasteiger partial charge in [0, 0.05) is 24.7 Å². The van der Waals surface area contributed by atoms with E-state index >= 15 is 0 Å². The zero-order valence-electron chi connectivity index (χ0n) is 15.2. The maximum atomic E-state index is 12.1. The quantitative estimate of drug-likeness (QED) is 0.768. The Labute approximate surface area is 154 Å². The number of benzene rings is 2. The van der Waals surface area contributed by atoms with Crippen LogP contribution in [-0.2, 0) is 14.8 Å². The second-order valence-electron chi connectivity index (χ2n) is 6.00. The molecule has 0 aliphatic carbocycles. The molecule has 2 aromatic rings. The standard InChI is InChI=1S/C19H24N2O4S/c1-15-8-4-5-11-18(15)20-19(22)12-7-13-21(26(3,23)24)16-9-6-10-17(14-16)25-2/h4-6,8-11,14H,7,12-13H2,1-3H3,(H,20,22). The maximum absolute atomic E-state index is 12.1. The summed E-state index contributed by atoms with van der Waals surface area (Å²) in [5, 5.41) is 2.85. The first-order chi connectivity index (χ1) is 12.3. The Hall–Kier alpha value is -2.54. The molecule has 0 spiro atoms. The average molecular weight is 376 g/mol. The first kappa shape index (κ1) is 19.8. The van der Waals surface area contributed by atoms with Gasteiger partial charge in [0.2, 0.25) is 15.9 Å². The summed E-state index contributed by atoms with van der Waals surface area (Å²) >= 11 is 0. The highest BCUT2D eigenvalue weighted by molar-refractivity contribution is 7.92. The third-order valence-electron chi connectivity index (χ3n) is 3.93. The molecule has 0 bridgehead atoms. The third-order valence-corrected chi connectivity index (χ3v) is 5.12. The molecule has 2 rings (SSSR count). The van der Waals surface area contributed by atoms with Crippen molar-refractivity contribution in [2.75, 3.05) is 29.5 Å². The number of aryl methyl sites for hydroxylation is 1. The maximum Gasteiger partial charge on any atom is 0.232 e. The monoisotopic (exact) mass is 376 g/mol. The number of hydrogen-bond acceptors (Lipinski definition) is 4. The summed E-state index contributed by atoms with van der Waals surface area (Å²) in [6.07, 6.45) is 1.78. The lowest BCUT2D eigenvalue weighted by molar-refractivity contribution is -0.116. The zero-order valence-corrected chi connectivity index (χ0v) is 16.0. The van der Waals surface area contributed by atoms with E-state index in [1.807, 2.05) is 31.2 Å². The molecule has 1 N–H and O–H groups in total. The Bertz CT molecular complexity index is 865. The van der Waals surface area contributed by atoms with Crippen molar-refractivity contribution >= 4 is 27.3 Å². The van der Waals surface area contributed by atoms with E-state index in [1.54, 1.807) is 24.3 Å². The number of nitrogens with zero attached hydrogens (tertiary/aromatic N) is 1. The Morgan fingerprint density at radius 3 is 2.54 bits per heavy atom. The topological polar surface area (TPSA) is 75.7 Å². The van der Waals surface area contributed by atoms with E-state index in [2.05, 4.69) is 5.32 Å². The highest BCUT2D eigenvalue weighted by Gasteiger charge is 2.18. The molecule has 0 saturated carbocycles. The normalized spacial score (nSPS) is 11.0. The summed E-state index contributed by atoms with van der Waals surface area (Å²) in [6.45, 7) is 2.14. The molecule has 0 fully saturated rings. The van der Waals surface area contributed by atoms with Crippen LogP contribution in [-0.4, -0.2) is 34.2 Å². The molecular formula is C19H24N2O4S. The predicted octanol–water partition coefficient (Wildman–Crippen LogP) is 3.19. The van der Waals surface area contributed by atoms with Gasteiger partial charge in [-0.2, -0.15) is 0 Å². The van der Waals surface area contributed by atoms with Crippen molar-refractivity contribution in [3.63, 3.8) is 0 Å². The summed E-state index contributed by atoms with van der Waals surface area (Å²) in [5.41, 5.74) is 2.27. The minimum absolute atomic E-state index is 0.140. The summed E-state index contributed by atoms with van der Waals surface area (Å²) < 4.78 is 30.7. The van der Waals surface area contributed by atoms with Gasteiger partial charge in [-0.05, 0) is 37.1 Å². The molecule has 0 heterocycles. The molecule has 0 saturated heterocycles. The van der Waals surface area contributed by atoms with Crippen molar-refractivity contribution in [3.8, 4) is 5.75 Å². The lowest BCUT2D eigenvalue weighted by atomic mass is 10.2. The van der Waals surface area contributed by atoms with Gasteiger partial charge in [0.1, 0.15) is 5.75 Å². The van der Waals surface area contributed by atoms with E-state index in [-0.39, 0.29) is 18.9 Å². The first-order valence-corrected chi connectivity index (χ1v) is 10.1. The molecule has 6 nitrogen and oxygen atoms in total. The molecule has 7 heteroatoms. The van der Waals surface area contributed by atoms with Crippen molar-refractivity contribution in [1.82, 2.24) is 0 Å². The number of anilines is 2. The minimum atomic E-state index is -3.46. The summed E-state index contributed by atoms with van der Waals surface area (Å²) in [5.74, 6) is 0.437. The molecule has 0 radical (unpaired) electrons. The van der Waals surface area contributed by atoms with Crippen LogP contribution < -0.4 is 14.4 Å². The number of carbonyl (C=O) groups excluding carboxylic acids is 1. The molecule has 2 aromatic carbocycles. The predicted molar refractivity (Wildman–Crippen MR) is 104 cm³/mol. The van der Waals surface area contributed by atoms with E-state index in [0.717, 1.165) is 17.5 Å². The molecule has 0 aromatic heterocycles. The highest BCUT2D eigenvalue weighted by atomic mass is 32.2. The lowest BCUT2D eigenvalue weighted by Crippen LogP contribution is -2.31. The lowest BCUT2D eigenvalue weighted by Gasteiger charge is -2.22. The fourth-order valence-electron chi connectivity index (χ4n) is 2.56. The van der Waals surface area contributed by atoms with Crippen LogP contribution in [0.1, 0.15) is 18.4 Å². The number of rotatable bonds is 8. The van der Waals surface area contributed by atoms with E-state index in [9.17, 15) is 13.2 Å². The van der Waals surface area contributed by atoms with Crippen LogP contribution >= 0.6 is 0 Å². The van der Waals surface area contributed by atoms with Gasteiger partial charge in [-0.1, -0.05) is 24.3 Å². The number of ether oxygens (including phenoxy) is 1. The van der Waals surface area contributed by atoms with Crippen LogP contribution in [0, 0.1) is 6.92 Å². The number of para-hydroxylation sites is 1. The smallest absolute Gasteiger partial charge is 0.232 e. The fourth-order valence-corrected chi connectivity index (χ4v) is 3.52. The number of nitrogens with one attached hydrogen (secondary N) is 1. The highest BCUT2D eigenvalue weighted by Crippen LogP contribution is 2.23. The molecule has 0 unspecified atom stereocenters. The van der Waals surface area contributed by atoms with Crippen LogP contribution in [0.3, 0.4) is 0 Å². The molecular weight excluding hydrogens is 352 g/mol. The number of hydrogen-bond donors (Lipinski definition) is 1. The molecule has 0 atom stereocenters. The van der Waals surface area contributed by atoms with Crippen molar-refractivity contribution in [2.45, 2.75) is 19.8 Å². The van der Waals surface area contributed by atoms with E-state index in [4.69, 9.17) is 4.74 Å². The van der Waals surface area contributed by atoms with Crippen molar-refractivity contribution in [3.05, 3.63) is 54.1 Å². The summed E-state index contributed by atoms with van der Waals surface area (Å²) in [7, 11) is -1.93. The van der Waals surface area contributed by atoms with Crippen molar-refractivity contribution in [2.24, 2.45) is 0 Å².